The molecule has 1 amide bonds. The van der Waals surface area contributed by atoms with Gasteiger partial charge in [0.25, 0.3) is 0 Å². The first-order chi connectivity index (χ1) is 18.3. The second-order valence-corrected chi connectivity index (χ2v) is 10.9. The number of carbonyl (C=O) groups excluding carboxylic acids is 4. The highest BCUT2D eigenvalue weighted by Crippen LogP contribution is 2.28. The number of nitrogens with one attached hydrogen (secondary N) is 2. The van der Waals surface area contributed by atoms with Crippen LogP contribution in [0.15, 0.2) is 29.2 Å². The lowest BCUT2D eigenvalue weighted by Crippen LogP contribution is -2.66. The van der Waals surface area contributed by atoms with Crippen molar-refractivity contribution >= 4 is 49.8 Å². The second kappa shape index (κ2) is 15.3. The van der Waals surface area contributed by atoms with Crippen LogP contribution in [0, 0.1) is 0 Å². The highest BCUT2D eigenvalue weighted by atomic mass is 79.9. The number of amides is 1. The van der Waals surface area contributed by atoms with Crippen molar-refractivity contribution in [2.24, 2.45) is 0 Å². The van der Waals surface area contributed by atoms with Crippen LogP contribution in [0.4, 0.5) is 0 Å². The van der Waals surface area contributed by atoms with E-state index in [1.54, 1.807) is 12.1 Å². The summed E-state index contributed by atoms with van der Waals surface area (Å²) in [5.74, 6) is -2.57. The van der Waals surface area contributed by atoms with E-state index < -0.39 is 64.5 Å². The molecule has 13 nitrogen and oxygen atoms in total. The topological polar surface area (TPSA) is 173 Å². The van der Waals surface area contributed by atoms with Gasteiger partial charge in [0.2, 0.25) is 15.9 Å². The lowest BCUT2D eigenvalue weighted by atomic mass is 9.96. The number of hydrogen-bond acceptors (Lipinski definition) is 11. The van der Waals surface area contributed by atoms with E-state index in [0.29, 0.717) is 5.33 Å². The Labute approximate surface area is 235 Å². The minimum Gasteiger partial charge on any atom is -0.463 e. The Balaban J connectivity index is 2.13. The first-order valence-electron chi connectivity index (χ1n) is 12.0. The quantitative estimate of drug-likeness (QED) is 0.136. The van der Waals surface area contributed by atoms with Crippen LogP contribution in [-0.4, -0.2) is 82.6 Å². The van der Waals surface area contributed by atoms with Crippen molar-refractivity contribution in [3.05, 3.63) is 29.8 Å². The van der Waals surface area contributed by atoms with Crippen LogP contribution >= 0.6 is 15.9 Å². The summed E-state index contributed by atoms with van der Waals surface area (Å²) < 4.78 is 55.0. The van der Waals surface area contributed by atoms with Crippen molar-refractivity contribution in [1.82, 2.24) is 10.0 Å². The van der Waals surface area contributed by atoms with Gasteiger partial charge in [0.05, 0.1) is 11.5 Å². The van der Waals surface area contributed by atoms with Gasteiger partial charge >= 0.3 is 17.9 Å². The largest absolute Gasteiger partial charge is 0.463 e. The first kappa shape index (κ1) is 32.6. The van der Waals surface area contributed by atoms with Gasteiger partial charge < -0.3 is 29.0 Å². The van der Waals surface area contributed by atoms with Crippen molar-refractivity contribution in [3.8, 4) is 0 Å². The molecule has 0 unspecified atom stereocenters. The number of esters is 3. The summed E-state index contributed by atoms with van der Waals surface area (Å²) in [5.41, 5.74) is 0.929. The Morgan fingerprint density at radius 1 is 0.949 bits per heavy atom. The summed E-state index contributed by atoms with van der Waals surface area (Å²) in [6, 6.07) is 5.30. The normalized spacial score (nSPS) is 22.9. The van der Waals surface area contributed by atoms with E-state index in [9.17, 15) is 27.6 Å². The SMILES string of the molecule is CC(=O)N[C@H]1[C@H](OCCCNS(=O)(=O)c2ccc(CBr)cc2)O[C@H](COC(C)=O)[C@@H](OC(C)=O)[C@@H]1OC(C)=O. The molecule has 0 radical (unpaired) electrons. The Morgan fingerprint density at radius 3 is 2.10 bits per heavy atom. The molecule has 0 aromatic heterocycles. The average molecular weight is 638 g/mol. The molecule has 1 fully saturated rings. The summed E-state index contributed by atoms with van der Waals surface area (Å²) in [7, 11) is -3.75. The molecule has 1 saturated heterocycles. The van der Waals surface area contributed by atoms with Crippen LogP contribution in [0.5, 0.6) is 0 Å². The minimum absolute atomic E-state index is 0.0282. The molecule has 39 heavy (non-hydrogen) atoms. The molecule has 1 aromatic carbocycles. The third-order valence-corrected chi connectivity index (χ3v) is 7.48. The number of sulfonamides is 1. The molecule has 2 rings (SSSR count). The predicted molar refractivity (Wildman–Crippen MR) is 139 cm³/mol. The van der Waals surface area contributed by atoms with Gasteiger partial charge in [-0.2, -0.15) is 0 Å². The van der Waals surface area contributed by atoms with Crippen LogP contribution in [0.25, 0.3) is 0 Å². The molecule has 0 bridgehead atoms. The van der Waals surface area contributed by atoms with E-state index in [2.05, 4.69) is 26.0 Å². The summed E-state index contributed by atoms with van der Waals surface area (Å²) in [4.78, 5) is 47.2. The van der Waals surface area contributed by atoms with Crippen LogP contribution in [0.2, 0.25) is 0 Å². The van der Waals surface area contributed by atoms with Gasteiger partial charge in [-0.1, -0.05) is 28.1 Å². The van der Waals surface area contributed by atoms with E-state index in [1.807, 2.05) is 0 Å². The summed E-state index contributed by atoms with van der Waals surface area (Å²) in [6.07, 6.45) is -4.58. The lowest BCUT2D eigenvalue weighted by molar-refractivity contribution is -0.277. The molecule has 0 aliphatic carbocycles. The monoisotopic (exact) mass is 636 g/mol. The van der Waals surface area contributed by atoms with Crippen LogP contribution < -0.4 is 10.0 Å². The van der Waals surface area contributed by atoms with Gasteiger partial charge in [0, 0.05) is 39.6 Å². The van der Waals surface area contributed by atoms with E-state index >= 15 is 0 Å². The molecule has 1 aromatic rings. The van der Waals surface area contributed by atoms with Gasteiger partial charge in [-0.15, -0.1) is 0 Å². The van der Waals surface area contributed by atoms with E-state index in [0.717, 1.165) is 19.4 Å². The number of benzene rings is 1. The van der Waals surface area contributed by atoms with Crippen molar-refractivity contribution in [3.63, 3.8) is 0 Å². The molecule has 1 heterocycles. The third-order valence-electron chi connectivity index (χ3n) is 5.35. The molecule has 2 N–H and O–H groups in total. The Kier molecular flexibility index (Phi) is 12.8. The van der Waals surface area contributed by atoms with Gasteiger partial charge in [-0.05, 0) is 24.1 Å². The number of alkyl halides is 1. The lowest BCUT2D eigenvalue weighted by Gasteiger charge is -2.44. The summed E-state index contributed by atoms with van der Waals surface area (Å²) in [6.45, 7) is 4.33. The first-order valence-corrected chi connectivity index (χ1v) is 14.6. The maximum atomic E-state index is 12.5. The maximum Gasteiger partial charge on any atom is 0.303 e. The molecule has 0 spiro atoms. The van der Waals surface area contributed by atoms with Crippen molar-refractivity contribution in [1.29, 1.82) is 0 Å². The molecular formula is C24H33BrN2O11S. The number of ether oxygens (including phenoxy) is 5. The third kappa shape index (κ3) is 10.5. The van der Waals surface area contributed by atoms with Gasteiger partial charge in [0.15, 0.2) is 18.5 Å². The zero-order valence-corrected chi connectivity index (χ0v) is 24.4. The number of rotatable bonds is 13. The van der Waals surface area contributed by atoms with Crippen LogP contribution in [0.3, 0.4) is 0 Å². The van der Waals surface area contributed by atoms with Gasteiger partial charge in [-0.25, -0.2) is 13.1 Å². The van der Waals surface area contributed by atoms with E-state index in [4.69, 9.17) is 23.7 Å². The summed E-state index contributed by atoms with van der Waals surface area (Å²) in [5, 5.41) is 3.19. The molecule has 218 valence electrons. The van der Waals surface area contributed by atoms with Gasteiger partial charge in [-0.3, -0.25) is 19.2 Å². The minimum atomic E-state index is -3.75. The van der Waals surface area contributed by atoms with E-state index in [1.165, 1.54) is 26.0 Å². The predicted octanol–water partition coefficient (Wildman–Crippen LogP) is 0.923. The number of carbonyl (C=O) groups is 4. The fourth-order valence-electron chi connectivity index (χ4n) is 3.75. The Hall–Kier alpha value is -2.59. The van der Waals surface area contributed by atoms with Crippen LogP contribution in [-0.2, 0) is 58.2 Å². The molecule has 1 aliphatic heterocycles. The Morgan fingerprint density at radius 2 is 1.56 bits per heavy atom. The zero-order valence-electron chi connectivity index (χ0n) is 22.0. The Bertz CT molecular complexity index is 1110. The fourth-order valence-corrected chi connectivity index (χ4v) is 5.20. The number of halogens is 1. The van der Waals surface area contributed by atoms with Crippen molar-refractivity contribution in [2.75, 3.05) is 19.8 Å². The highest BCUT2D eigenvalue weighted by Gasteiger charge is 2.51. The van der Waals surface area contributed by atoms with Gasteiger partial charge in [0.1, 0.15) is 18.8 Å². The van der Waals surface area contributed by atoms with E-state index in [-0.39, 0.29) is 31.1 Å². The fraction of sp³-hybridized carbons (Fsp3) is 0.583. The standard InChI is InChI=1S/C24H33BrN2O11S/c1-14(28)27-21-23(37-17(4)31)22(36-16(3)30)20(13-35-15(2)29)38-24(21)34-11-5-10-26-39(32,33)19-8-6-18(12-25)7-9-19/h6-9,20-24,26H,5,10-13H2,1-4H3,(H,27,28)/t20-,21-,22-,23-,24-/m1/s1. The molecule has 15 heteroatoms. The molecular weight excluding hydrogens is 604 g/mol. The van der Waals surface area contributed by atoms with Crippen LogP contribution in [0.1, 0.15) is 39.7 Å². The molecule has 0 saturated carbocycles. The zero-order chi connectivity index (χ0) is 29.2. The maximum absolute atomic E-state index is 12.5. The van der Waals surface area contributed by atoms with Crippen molar-refractivity contribution in [2.45, 2.75) is 75.0 Å². The second-order valence-electron chi connectivity index (χ2n) is 8.62. The molecule has 1 aliphatic rings. The number of hydrogen-bond donors (Lipinski definition) is 2. The highest BCUT2D eigenvalue weighted by molar-refractivity contribution is 9.08. The summed E-state index contributed by atoms with van der Waals surface area (Å²) >= 11 is 3.31. The van der Waals surface area contributed by atoms with Crippen molar-refractivity contribution < 1.29 is 51.3 Å². The average Bonchev–Trinajstić information content (AvgIpc) is 2.85. The molecule has 5 atom stereocenters. The smallest absolute Gasteiger partial charge is 0.303 e.